The van der Waals surface area contributed by atoms with Gasteiger partial charge in [-0.25, -0.2) is 14.8 Å². The summed E-state index contributed by atoms with van der Waals surface area (Å²) < 4.78 is 4.43. The minimum absolute atomic E-state index is 0.306. The predicted molar refractivity (Wildman–Crippen MR) is 163 cm³/mol. The molecule has 2 aromatic heterocycles. The van der Waals surface area contributed by atoms with Crippen molar-refractivity contribution in [3.63, 3.8) is 0 Å². The zero-order valence-corrected chi connectivity index (χ0v) is 23.4. The molecule has 6 aromatic rings. The predicted octanol–water partition coefficient (Wildman–Crippen LogP) is 7.98. The lowest BCUT2D eigenvalue weighted by atomic mass is 9.99. The molecule has 0 fully saturated rings. The third-order valence-corrected chi connectivity index (χ3v) is 7.11. The summed E-state index contributed by atoms with van der Waals surface area (Å²) >= 11 is 0. The first kappa shape index (κ1) is 26.9. The summed E-state index contributed by atoms with van der Waals surface area (Å²) in [7, 11) is 2.05. The van der Waals surface area contributed by atoms with Crippen LogP contribution in [0.2, 0.25) is 0 Å². The van der Waals surface area contributed by atoms with Crippen LogP contribution in [0.25, 0.3) is 44.6 Å². The van der Waals surface area contributed by atoms with Crippen molar-refractivity contribution >= 4 is 28.0 Å². The van der Waals surface area contributed by atoms with Crippen LogP contribution < -0.4 is 0 Å². The van der Waals surface area contributed by atoms with E-state index in [9.17, 15) is 9.90 Å². The number of aryl methyl sites for hydroxylation is 2. The van der Waals surface area contributed by atoms with Crippen molar-refractivity contribution in [2.75, 3.05) is 0 Å². The summed E-state index contributed by atoms with van der Waals surface area (Å²) in [5.74, 6) is 1.07. The van der Waals surface area contributed by atoms with Gasteiger partial charge in [-0.3, -0.25) is 0 Å². The second kappa shape index (κ2) is 11.6. The van der Waals surface area contributed by atoms with Crippen LogP contribution in [0.1, 0.15) is 48.9 Å². The third kappa shape index (κ3) is 5.00. The van der Waals surface area contributed by atoms with E-state index in [1.165, 1.54) is 0 Å². The number of rotatable bonds is 7. The number of imidazole rings is 2. The number of hydrogen-bond acceptors (Lipinski definition) is 3. The van der Waals surface area contributed by atoms with Crippen LogP contribution in [0.15, 0.2) is 91.0 Å². The normalized spacial score (nSPS) is 11.0. The number of aromatic carboxylic acids is 1. The van der Waals surface area contributed by atoms with Gasteiger partial charge < -0.3 is 14.2 Å². The van der Waals surface area contributed by atoms with Crippen LogP contribution in [-0.4, -0.2) is 30.2 Å². The molecule has 202 valence electrons. The molecule has 0 aliphatic rings. The fourth-order valence-electron chi connectivity index (χ4n) is 5.20. The van der Waals surface area contributed by atoms with Crippen LogP contribution in [0.5, 0.6) is 0 Å². The first-order valence-electron chi connectivity index (χ1n) is 13.9. The summed E-state index contributed by atoms with van der Waals surface area (Å²) in [6.07, 6.45) is 1.90. The molecule has 0 aliphatic carbocycles. The average molecular weight is 531 g/mol. The molecule has 6 heteroatoms. The summed E-state index contributed by atoms with van der Waals surface area (Å²) in [6, 6.07) is 29.8. The summed E-state index contributed by atoms with van der Waals surface area (Å²) in [6.45, 7) is 6.85. The lowest BCUT2D eigenvalue weighted by Gasteiger charge is -2.11. The fraction of sp³-hybridized carbons (Fsp3) is 0.206. The molecule has 6 rings (SSSR count). The number of carbonyl (C=O) groups is 1. The Morgan fingerprint density at radius 2 is 1.48 bits per heavy atom. The second-order valence-corrected chi connectivity index (χ2v) is 9.60. The third-order valence-electron chi connectivity index (χ3n) is 7.11. The van der Waals surface area contributed by atoms with Gasteiger partial charge in [-0.1, -0.05) is 75.4 Å². The molecule has 0 bridgehead atoms. The van der Waals surface area contributed by atoms with E-state index in [4.69, 9.17) is 9.97 Å². The van der Waals surface area contributed by atoms with Crippen LogP contribution >= 0.6 is 0 Å². The van der Waals surface area contributed by atoms with Crippen LogP contribution in [-0.2, 0) is 20.0 Å². The van der Waals surface area contributed by atoms with Gasteiger partial charge in [0, 0.05) is 25.6 Å². The lowest BCUT2D eigenvalue weighted by molar-refractivity contribution is 0.0697. The van der Waals surface area contributed by atoms with Crippen molar-refractivity contribution in [1.29, 1.82) is 0 Å². The van der Waals surface area contributed by atoms with Crippen molar-refractivity contribution in [3.05, 3.63) is 108 Å². The zero-order chi connectivity index (χ0) is 28.2. The van der Waals surface area contributed by atoms with Gasteiger partial charge in [-0.15, -0.1) is 0 Å². The van der Waals surface area contributed by atoms with Gasteiger partial charge in [0.05, 0.1) is 27.6 Å². The first-order valence-corrected chi connectivity index (χ1v) is 13.9. The Kier molecular flexibility index (Phi) is 7.78. The van der Waals surface area contributed by atoms with E-state index in [2.05, 4.69) is 59.5 Å². The SMILES string of the molecule is CC.CCCc1nc2ccc(-c3nc4ccccc4n3C)cc2n1Cc1ccc(-c2ccccc2C(=O)O)cc1. The van der Waals surface area contributed by atoms with E-state index >= 15 is 0 Å². The van der Waals surface area contributed by atoms with Crippen molar-refractivity contribution in [2.24, 2.45) is 7.05 Å². The van der Waals surface area contributed by atoms with Crippen molar-refractivity contribution in [1.82, 2.24) is 19.1 Å². The number of carboxylic acid groups (broad SMARTS) is 1. The van der Waals surface area contributed by atoms with Gasteiger partial charge in [-0.05, 0) is 59.5 Å². The Hall–Kier alpha value is -4.71. The molecule has 0 amide bonds. The molecule has 2 heterocycles. The molecule has 0 unspecified atom stereocenters. The highest BCUT2D eigenvalue weighted by Crippen LogP contribution is 2.29. The zero-order valence-electron chi connectivity index (χ0n) is 23.4. The Morgan fingerprint density at radius 3 is 2.20 bits per heavy atom. The Labute approximate surface area is 234 Å². The van der Waals surface area contributed by atoms with Gasteiger partial charge >= 0.3 is 5.97 Å². The van der Waals surface area contributed by atoms with E-state index in [-0.39, 0.29) is 0 Å². The quantitative estimate of drug-likeness (QED) is 0.227. The number of benzene rings is 4. The summed E-state index contributed by atoms with van der Waals surface area (Å²) in [5, 5.41) is 9.58. The average Bonchev–Trinajstić information content (AvgIpc) is 3.51. The highest BCUT2D eigenvalue weighted by Gasteiger charge is 2.16. The molecule has 6 nitrogen and oxygen atoms in total. The van der Waals surface area contributed by atoms with Crippen LogP contribution in [0, 0.1) is 0 Å². The molecule has 1 N–H and O–H groups in total. The second-order valence-electron chi connectivity index (χ2n) is 9.60. The van der Waals surface area contributed by atoms with Crippen molar-refractivity contribution in [3.8, 4) is 22.5 Å². The van der Waals surface area contributed by atoms with E-state index in [0.717, 1.165) is 68.8 Å². The minimum atomic E-state index is -0.921. The number of hydrogen-bond donors (Lipinski definition) is 1. The van der Waals surface area contributed by atoms with E-state index in [0.29, 0.717) is 12.1 Å². The molecule has 0 saturated heterocycles. The maximum Gasteiger partial charge on any atom is 0.336 e. The van der Waals surface area contributed by atoms with Crippen molar-refractivity contribution in [2.45, 2.75) is 40.2 Å². The van der Waals surface area contributed by atoms with Crippen LogP contribution in [0.4, 0.5) is 0 Å². The highest BCUT2D eigenvalue weighted by molar-refractivity contribution is 5.96. The van der Waals surface area contributed by atoms with Crippen LogP contribution in [0.3, 0.4) is 0 Å². The van der Waals surface area contributed by atoms with E-state index in [1.54, 1.807) is 12.1 Å². The number of carboxylic acids is 1. The molecule has 0 aliphatic heterocycles. The standard InChI is InChI=1S/C32H28N4O2.C2H6/c1-3-8-30-33-27-18-17-23(31-34-26-11-6-7-12-28(26)35(31)2)19-29(27)36(30)20-21-13-15-22(16-14-21)24-9-4-5-10-25(24)32(37)38;1-2/h4-7,9-19H,3,8,20H2,1-2H3,(H,37,38);1-2H3. The number of aromatic nitrogens is 4. The number of nitrogens with zero attached hydrogens (tertiary/aromatic N) is 4. The molecular weight excluding hydrogens is 496 g/mol. The smallest absolute Gasteiger partial charge is 0.336 e. The number of fused-ring (bicyclic) bond motifs is 2. The van der Waals surface area contributed by atoms with Gasteiger partial charge in [0.25, 0.3) is 0 Å². The largest absolute Gasteiger partial charge is 0.478 e. The Balaban J connectivity index is 0.00000158. The Bertz CT molecular complexity index is 1800. The first-order chi connectivity index (χ1) is 19.5. The molecule has 0 atom stereocenters. The van der Waals surface area contributed by atoms with Gasteiger partial charge in [-0.2, -0.15) is 0 Å². The molecule has 4 aromatic carbocycles. The molecule has 0 radical (unpaired) electrons. The fourth-order valence-corrected chi connectivity index (χ4v) is 5.20. The molecular formula is C34H34N4O2. The lowest BCUT2D eigenvalue weighted by Crippen LogP contribution is -2.05. The summed E-state index contributed by atoms with van der Waals surface area (Å²) in [4.78, 5) is 21.5. The van der Waals surface area contributed by atoms with E-state index in [1.807, 2.05) is 56.3 Å². The maximum atomic E-state index is 11.7. The van der Waals surface area contributed by atoms with Gasteiger partial charge in [0.15, 0.2) is 0 Å². The molecule has 40 heavy (non-hydrogen) atoms. The minimum Gasteiger partial charge on any atom is -0.478 e. The topological polar surface area (TPSA) is 72.9 Å². The van der Waals surface area contributed by atoms with Gasteiger partial charge in [0.2, 0.25) is 0 Å². The monoisotopic (exact) mass is 530 g/mol. The molecule has 0 saturated carbocycles. The van der Waals surface area contributed by atoms with Gasteiger partial charge in [0.1, 0.15) is 11.6 Å². The Morgan fingerprint density at radius 1 is 0.800 bits per heavy atom. The number of para-hydroxylation sites is 2. The molecule has 0 spiro atoms. The maximum absolute atomic E-state index is 11.7. The van der Waals surface area contributed by atoms with E-state index < -0.39 is 5.97 Å². The van der Waals surface area contributed by atoms with Crippen molar-refractivity contribution < 1.29 is 9.90 Å². The highest BCUT2D eigenvalue weighted by atomic mass is 16.4. The summed E-state index contributed by atoms with van der Waals surface area (Å²) in [5.41, 5.74) is 8.25.